The third-order valence-corrected chi connectivity index (χ3v) is 6.01. The summed E-state index contributed by atoms with van der Waals surface area (Å²) < 4.78 is 11.1. The number of benzene rings is 2. The van der Waals surface area contributed by atoms with E-state index in [0.29, 0.717) is 24.2 Å². The third-order valence-electron chi connectivity index (χ3n) is 6.01. The molecule has 1 aliphatic heterocycles. The van der Waals surface area contributed by atoms with Crippen molar-refractivity contribution in [1.29, 1.82) is 0 Å². The van der Waals surface area contributed by atoms with Crippen molar-refractivity contribution < 1.29 is 23.9 Å². The molecule has 196 valence electrons. The highest BCUT2D eigenvalue weighted by Gasteiger charge is 2.29. The van der Waals surface area contributed by atoms with Gasteiger partial charge in [-0.25, -0.2) is 14.6 Å². The molecule has 0 atom stereocenters. The largest absolute Gasteiger partial charge is 0.456 e. The fourth-order valence-corrected chi connectivity index (χ4v) is 4.23. The van der Waals surface area contributed by atoms with Crippen molar-refractivity contribution in [2.45, 2.75) is 39.4 Å². The van der Waals surface area contributed by atoms with Crippen molar-refractivity contribution in [2.75, 3.05) is 18.5 Å². The molecule has 8 nitrogen and oxygen atoms in total. The van der Waals surface area contributed by atoms with E-state index in [0.717, 1.165) is 22.4 Å². The Morgan fingerprint density at radius 1 is 1.03 bits per heavy atom. The van der Waals surface area contributed by atoms with Gasteiger partial charge in [0, 0.05) is 19.2 Å². The lowest BCUT2D eigenvalue weighted by molar-refractivity contribution is 0.00692. The molecule has 2 heterocycles. The number of fused-ring (bicyclic) bond motifs is 1. The summed E-state index contributed by atoms with van der Waals surface area (Å²) in [6.07, 6.45) is 0.168. The summed E-state index contributed by atoms with van der Waals surface area (Å²) in [5.41, 5.74) is 3.79. The van der Waals surface area contributed by atoms with Crippen LogP contribution in [-0.2, 0) is 22.5 Å². The van der Waals surface area contributed by atoms with Crippen molar-refractivity contribution in [3.63, 3.8) is 0 Å². The van der Waals surface area contributed by atoms with Gasteiger partial charge in [-0.3, -0.25) is 9.69 Å². The zero-order valence-electron chi connectivity index (χ0n) is 22.0. The van der Waals surface area contributed by atoms with E-state index in [1.165, 1.54) is 13.1 Å². The minimum atomic E-state index is -0.705. The summed E-state index contributed by atoms with van der Waals surface area (Å²) in [6, 6.07) is 18.1. The maximum atomic E-state index is 12.9. The number of nitrogens with one attached hydrogen (secondary N) is 1. The van der Waals surface area contributed by atoms with Gasteiger partial charge in [0.2, 0.25) is 0 Å². The predicted molar refractivity (Wildman–Crippen MR) is 145 cm³/mol. The first kappa shape index (κ1) is 26.6. The second-order valence-electron chi connectivity index (χ2n) is 9.93. The van der Waals surface area contributed by atoms with E-state index in [9.17, 15) is 14.4 Å². The number of amides is 2. The molecule has 0 unspecified atom stereocenters. The fraction of sp³-hybridized carbons (Fsp3) is 0.267. The van der Waals surface area contributed by atoms with Crippen molar-refractivity contribution in [3.05, 3.63) is 101 Å². The molecular formula is C30H31N3O5. The number of carbonyl (C=O) groups excluding carboxylic acids is 3. The van der Waals surface area contributed by atoms with E-state index in [-0.39, 0.29) is 17.9 Å². The number of anilines is 1. The van der Waals surface area contributed by atoms with Crippen molar-refractivity contribution in [1.82, 2.24) is 10.3 Å². The first-order valence-corrected chi connectivity index (χ1v) is 12.3. The van der Waals surface area contributed by atoms with Gasteiger partial charge >= 0.3 is 12.1 Å². The summed E-state index contributed by atoms with van der Waals surface area (Å²) in [7, 11) is 1.49. The van der Waals surface area contributed by atoms with Gasteiger partial charge in [0.05, 0.1) is 16.9 Å². The molecule has 0 saturated carbocycles. The van der Waals surface area contributed by atoms with Crippen molar-refractivity contribution in [2.24, 2.45) is 0 Å². The lowest BCUT2D eigenvalue weighted by Crippen LogP contribution is -2.29. The first-order valence-electron chi connectivity index (χ1n) is 12.3. The van der Waals surface area contributed by atoms with Crippen LogP contribution in [0, 0.1) is 0 Å². The van der Waals surface area contributed by atoms with Crippen LogP contribution in [0.15, 0.2) is 67.2 Å². The van der Waals surface area contributed by atoms with Crippen molar-refractivity contribution >= 4 is 29.2 Å². The number of nitrogens with zero attached hydrogens (tertiary/aromatic N) is 2. The molecule has 38 heavy (non-hydrogen) atoms. The van der Waals surface area contributed by atoms with Gasteiger partial charge in [-0.2, -0.15) is 0 Å². The molecule has 0 aliphatic carbocycles. The van der Waals surface area contributed by atoms with Gasteiger partial charge in [-0.15, -0.1) is 0 Å². The third kappa shape index (κ3) is 5.91. The average molecular weight is 514 g/mol. The Morgan fingerprint density at radius 3 is 2.42 bits per heavy atom. The minimum Gasteiger partial charge on any atom is -0.456 e. The van der Waals surface area contributed by atoms with Crippen LogP contribution in [-0.4, -0.2) is 42.1 Å². The van der Waals surface area contributed by atoms with E-state index in [4.69, 9.17) is 9.47 Å². The number of ether oxygens (including phenoxy) is 2. The molecule has 0 fully saturated rings. The molecule has 2 aromatic carbocycles. The summed E-state index contributed by atoms with van der Waals surface area (Å²) in [5, 5.41) is 2.54. The Balaban J connectivity index is 1.63. The molecule has 0 saturated heterocycles. The lowest BCUT2D eigenvalue weighted by Gasteiger charge is -2.20. The van der Waals surface area contributed by atoms with Gasteiger partial charge in [0.1, 0.15) is 17.9 Å². The molecule has 0 bridgehead atoms. The first-order chi connectivity index (χ1) is 18.1. The highest BCUT2D eigenvalue weighted by atomic mass is 16.6. The standard InChI is InChI=1S/C30H31N3O5/c1-19(24-16-21(28(35)38-30(2,3)4)17-25(32-24)27(34)31-5)22-12-9-13-26-23(22)14-15-33(26)29(36)37-18-20-10-7-6-8-11-20/h6-13,16-17H,1,14-15,18H2,2-5H3,(H,31,34). The second kappa shape index (κ2) is 10.9. The van der Waals surface area contributed by atoms with Crippen LogP contribution in [0.3, 0.4) is 0 Å². The van der Waals surface area contributed by atoms with Crippen LogP contribution in [0.5, 0.6) is 0 Å². The van der Waals surface area contributed by atoms with Crippen LogP contribution >= 0.6 is 0 Å². The van der Waals surface area contributed by atoms with Crippen LogP contribution in [0.2, 0.25) is 0 Å². The summed E-state index contributed by atoms with van der Waals surface area (Å²) >= 11 is 0. The van der Waals surface area contributed by atoms with Gasteiger partial charge < -0.3 is 14.8 Å². The highest BCUT2D eigenvalue weighted by Crippen LogP contribution is 2.36. The van der Waals surface area contributed by atoms with Crippen LogP contribution in [0.1, 0.15) is 64.0 Å². The Kier molecular flexibility index (Phi) is 7.62. The SMILES string of the molecule is C=C(c1cc(C(=O)OC(C)(C)C)cc(C(=O)NC)n1)c1cccc2c1CCN2C(=O)OCc1ccccc1. The number of carbonyl (C=O) groups is 3. The number of esters is 1. The predicted octanol–water partition coefficient (Wildman–Crippen LogP) is 5.16. The van der Waals surface area contributed by atoms with Crippen LogP contribution in [0.4, 0.5) is 10.5 Å². The van der Waals surface area contributed by atoms with Gasteiger partial charge in [-0.05, 0) is 62.1 Å². The maximum absolute atomic E-state index is 12.9. The number of pyridine rings is 1. The second-order valence-corrected chi connectivity index (χ2v) is 9.93. The van der Waals surface area contributed by atoms with E-state index in [1.54, 1.807) is 31.7 Å². The molecule has 3 aromatic rings. The topological polar surface area (TPSA) is 97.8 Å². The molecule has 8 heteroatoms. The molecule has 1 aromatic heterocycles. The Labute approximate surface area is 222 Å². The smallest absolute Gasteiger partial charge is 0.414 e. The van der Waals surface area contributed by atoms with E-state index in [1.807, 2.05) is 48.5 Å². The van der Waals surface area contributed by atoms with Gasteiger partial charge in [0.15, 0.2) is 0 Å². The Bertz CT molecular complexity index is 1390. The molecular weight excluding hydrogens is 482 g/mol. The molecule has 4 rings (SSSR count). The molecule has 1 N–H and O–H groups in total. The normalized spacial score (nSPS) is 12.5. The quantitative estimate of drug-likeness (QED) is 0.458. The Morgan fingerprint density at radius 2 is 1.74 bits per heavy atom. The van der Waals surface area contributed by atoms with Crippen molar-refractivity contribution in [3.8, 4) is 0 Å². The summed E-state index contributed by atoms with van der Waals surface area (Å²) in [6.45, 7) is 10.2. The fourth-order valence-electron chi connectivity index (χ4n) is 4.23. The maximum Gasteiger partial charge on any atom is 0.414 e. The molecule has 2 amide bonds. The zero-order valence-corrected chi connectivity index (χ0v) is 22.0. The average Bonchev–Trinajstić information content (AvgIpc) is 3.34. The molecule has 1 aliphatic rings. The van der Waals surface area contributed by atoms with E-state index >= 15 is 0 Å². The van der Waals surface area contributed by atoms with Crippen LogP contribution < -0.4 is 10.2 Å². The number of hydrogen-bond donors (Lipinski definition) is 1. The van der Waals surface area contributed by atoms with Crippen LogP contribution in [0.25, 0.3) is 5.57 Å². The lowest BCUT2D eigenvalue weighted by atomic mass is 9.95. The number of aromatic nitrogens is 1. The highest BCUT2D eigenvalue weighted by molar-refractivity contribution is 5.98. The van der Waals surface area contributed by atoms with E-state index in [2.05, 4.69) is 16.9 Å². The molecule has 0 radical (unpaired) electrons. The Hall–Kier alpha value is -4.46. The minimum absolute atomic E-state index is 0.0747. The summed E-state index contributed by atoms with van der Waals surface area (Å²) in [5.74, 6) is -1.00. The zero-order chi connectivity index (χ0) is 27.4. The van der Waals surface area contributed by atoms with Gasteiger partial charge in [0.25, 0.3) is 5.91 Å². The number of hydrogen-bond acceptors (Lipinski definition) is 6. The van der Waals surface area contributed by atoms with E-state index < -0.39 is 23.6 Å². The number of rotatable bonds is 6. The van der Waals surface area contributed by atoms with Gasteiger partial charge in [-0.1, -0.05) is 49.0 Å². The molecule has 0 spiro atoms. The monoisotopic (exact) mass is 513 g/mol. The summed E-state index contributed by atoms with van der Waals surface area (Å²) in [4.78, 5) is 44.3.